The number of para-hydroxylation sites is 3. The van der Waals surface area contributed by atoms with E-state index in [0.717, 1.165) is 88.8 Å². The van der Waals surface area contributed by atoms with Crippen molar-refractivity contribution in [3.8, 4) is 73.1 Å². The van der Waals surface area contributed by atoms with E-state index in [4.69, 9.17) is 5.73 Å². The number of phenolic OH excluding ortho intramolecular Hbond substituents is 1. The van der Waals surface area contributed by atoms with Gasteiger partial charge in [0.25, 0.3) is 0 Å². The molecule has 1 aromatic heterocycles. The summed E-state index contributed by atoms with van der Waals surface area (Å²) in [5, 5.41) is 23.9. The van der Waals surface area contributed by atoms with Gasteiger partial charge in [-0.05, 0) is 99.6 Å². The molecule has 0 aliphatic heterocycles. The SMILES string of the molecule is N#Cc1cc(-c2cccc(-c3ccccc3N)c2)cc(-c2ccc3c(c2)c2ccc(-c4cccc(-c5ccccc5)c4O)cc2n3-c2ccccc2)c1. The molecule has 0 fully saturated rings. The second-order valence-electron chi connectivity index (χ2n) is 13.3. The van der Waals surface area contributed by atoms with Crippen LogP contribution in [-0.4, -0.2) is 9.67 Å². The highest BCUT2D eigenvalue weighted by atomic mass is 16.3. The highest BCUT2D eigenvalue weighted by Gasteiger charge is 2.17. The molecule has 0 unspecified atom stereocenters. The molecule has 0 bridgehead atoms. The first-order valence-electron chi connectivity index (χ1n) is 17.6. The Labute approximate surface area is 307 Å². The Balaban J connectivity index is 1.19. The summed E-state index contributed by atoms with van der Waals surface area (Å²) < 4.78 is 2.29. The zero-order valence-electron chi connectivity index (χ0n) is 28.7. The molecule has 9 aromatic rings. The van der Waals surface area contributed by atoms with Crippen LogP contribution in [0.4, 0.5) is 5.69 Å². The van der Waals surface area contributed by atoms with Crippen LogP contribution in [0.2, 0.25) is 0 Å². The number of nitrogens with two attached hydrogens (primary N) is 1. The third kappa shape index (κ3) is 5.67. The third-order valence-electron chi connectivity index (χ3n) is 10.1. The van der Waals surface area contributed by atoms with Crippen LogP contribution in [0, 0.1) is 11.3 Å². The van der Waals surface area contributed by atoms with Crippen LogP contribution < -0.4 is 5.73 Å². The van der Waals surface area contributed by atoms with Crippen LogP contribution in [0.25, 0.3) is 83.1 Å². The molecule has 4 heteroatoms. The standard InChI is InChI=1S/C49H33N3O/c50-31-32-25-38(34-13-9-14-36(27-34)41-17-7-8-20-46(41)51)28-39(26-32)35-22-24-47-45(29-35)44-23-21-37(30-48(44)52(47)40-15-5-2-6-16-40)43-19-10-18-42(49(43)53)33-11-3-1-4-12-33/h1-30,53H,51H2. The zero-order valence-corrected chi connectivity index (χ0v) is 28.7. The van der Waals surface area contributed by atoms with E-state index in [1.165, 1.54) is 0 Å². The summed E-state index contributed by atoms with van der Waals surface area (Å²) >= 11 is 0. The second kappa shape index (κ2) is 13.1. The van der Waals surface area contributed by atoms with Crippen molar-refractivity contribution in [2.45, 2.75) is 0 Å². The number of rotatable bonds is 6. The molecule has 9 rings (SSSR count). The fraction of sp³-hybridized carbons (Fsp3) is 0. The first-order chi connectivity index (χ1) is 26.1. The molecule has 1 heterocycles. The predicted octanol–water partition coefficient (Wildman–Crippen LogP) is 12.3. The lowest BCUT2D eigenvalue weighted by Gasteiger charge is -2.12. The fourth-order valence-electron chi connectivity index (χ4n) is 7.50. The average Bonchev–Trinajstić information content (AvgIpc) is 3.54. The number of anilines is 1. The quantitative estimate of drug-likeness (QED) is 0.172. The van der Waals surface area contributed by atoms with Gasteiger partial charge >= 0.3 is 0 Å². The fourth-order valence-corrected chi connectivity index (χ4v) is 7.50. The smallest absolute Gasteiger partial charge is 0.131 e. The predicted molar refractivity (Wildman–Crippen MR) is 219 cm³/mol. The van der Waals surface area contributed by atoms with Gasteiger partial charge < -0.3 is 15.4 Å². The van der Waals surface area contributed by atoms with Gasteiger partial charge in [0.15, 0.2) is 0 Å². The van der Waals surface area contributed by atoms with Crippen LogP contribution in [0.5, 0.6) is 5.75 Å². The molecule has 0 spiro atoms. The summed E-state index contributed by atoms with van der Waals surface area (Å²) in [6.45, 7) is 0. The minimum absolute atomic E-state index is 0.258. The highest BCUT2D eigenvalue weighted by Crippen LogP contribution is 2.42. The number of hydrogen-bond donors (Lipinski definition) is 2. The highest BCUT2D eigenvalue weighted by molar-refractivity contribution is 6.11. The van der Waals surface area contributed by atoms with Gasteiger partial charge in [-0.15, -0.1) is 0 Å². The van der Waals surface area contributed by atoms with Gasteiger partial charge in [-0.3, -0.25) is 0 Å². The minimum Gasteiger partial charge on any atom is -0.507 e. The molecule has 0 saturated heterocycles. The van der Waals surface area contributed by atoms with Crippen molar-refractivity contribution in [2.24, 2.45) is 0 Å². The number of nitrogen functional groups attached to an aromatic ring is 1. The Kier molecular flexibility index (Phi) is 7.80. The zero-order chi connectivity index (χ0) is 35.9. The lowest BCUT2D eigenvalue weighted by molar-refractivity contribution is 0.479. The number of nitrogens with zero attached hydrogens (tertiary/aromatic N) is 2. The Hall–Kier alpha value is -7.35. The van der Waals surface area contributed by atoms with Gasteiger partial charge in [0.05, 0.1) is 22.7 Å². The van der Waals surface area contributed by atoms with E-state index in [1.807, 2.05) is 97.1 Å². The monoisotopic (exact) mass is 679 g/mol. The summed E-state index contributed by atoms with van der Waals surface area (Å²) in [7, 11) is 0. The topological polar surface area (TPSA) is 75.0 Å². The van der Waals surface area contributed by atoms with Crippen molar-refractivity contribution in [3.05, 3.63) is 188 Å². The Morgan fingerprint density at radius 1 is 0.434 bits per heavy atom. The number of phenols is 1. The van der Waals surface area contributed by atoms with Gasteiger partial charge in [0.2, 0.25) is 0 Å². The van der Waals surface area contributed by atoms with E-state index in [2.05, 4.69) is 95.6 Å². The van der Waals surface area contributed by atoms with Gasteiger partial charge in [0, 0.05) is 38.8 Å². The van der Waals surface area contributed by atoms with Crippen LogP contribution in [0.1, 0.15) is 5.56 Å². The molecule has 0 amide bonds. The summed E-state index contributed by atoms with van der Waals surface area (Å²) in [6.07, 6.45) is 0. The number of fused-ring (bicyclic) bond motifs is 3. The van der Waals surface area contributed by atoms with Crippen molar-refractivity contribution in [1.82, 2.24) is 4.57 Å². The van der Waals surface area contributed by atoms with Gasteiger partial charge in [0.1, 0.15) is 5.75 Å². The summed E-state index contributed by atoms with van der Waals surface area (Å²) in [6, 6.07) is 63.8. The maximum absolute atomic E-state index is 11.6. The van der Waals surface area contributed by atoms with Crippen LogP contribution in [0.3, 0.4) is 0 Å². The normalized spacial score (nSPS) is 11.2. The van der Waals surface area contributed by atoms with Crippen LogP contribution >= 0.6 is 0 Å². The number of aromatic nitrogens is 1. The summed E-state index contributed by atoms with van der Waals surface area (Å²) in [5.41, 5.74) is 20.2. The Morgan fingerprint density at radius 2 is 1.00 bits per heavy atom. The molecule has 4 nitrogen and oxygen atoms in total. The number of aromatic hydroxyl groups is 1. The second-order valence-corrected chi connectivity index (χ2v) is 13.3. The maximum Gasteiger partial charge on any atom is 0.131 e. The van der Waals surface area contributed by atoms with Crippen molar-refractivity contribution in [1.29, 1.82) is 5.26 Å². The van der Waals surface area contributed by atoms with E-state index in [9.17, 15) is 10.4 Å². The van der Waals surface area contributed by atoms with Crippen LogP contribution in [0.15, 0.2) is 182 Å². The molecule has 3 N–H and O–H groups in total. The van der Waals surface area contributed by atoms with E-state index >= 15 is 0 Å². The third-order valence-corrected chi connectivity index (χ3v) is 10.1. The van der Waals surface area contributed by atoms with E-state index < -0.39 is 0 Å². The summed E-state index contributed by atoms with van der Waals surface area (Å²) in [5.74, 6) is 0.258. The summed E-state index contributed by atoms with van der Waals surface area (Å²) in [4.78, 5) is 0. The molecule has 0 atom stereocenters. The lowest BCUT2D eigenvalue weighted by atomic mass is 9.93. The molecule has 53 heavy (non-hydrogen) atoms. The van der Waals surface area contributed by atoms with Crippen molar-refractivity contribution < 1.29 is 5.11 Å². The maximum atomic E-state index is 11.6. The largest absolute Gasteiger partial charge is 0.507 e. The molecule has 0 aliphatic rings. The number of hydrogen-bond acceptors (Lipinski definition) is 3. The molecule has 0 saturated carbocycles. The van der Waals surface area contributed by atoms with Crippen molar-refractivity contribution in [2.75, 3.05) is 5.73 Å². The molecular weight excluding hydrogens is 647 g/mol. The van der Waals surface area contributed by atoms with E-state index in [0.29, 0.717) is 5.56 Å². The lowest BCUT2D eigenvalue weighted by Crippen LogP contribution is -1.93. The molecule has 0 radical (unpaired) electrons. The van der Waals surface area contributed by atoms with E-state index in [1.54, 1.807) is 0 Å². The van der Waals surface area contributed by atoms with Crippen molar-refractivity contribution in [3.63, 3.8) is 0 Å². The number of nitriles is 1. The van der Waals surface area contributed by atoms with Gasteiger partial charge in [-0.2, -0.15) is 5.26 Å². The van der Waals surface area contributed by atoms with Gasteiger partial charge in [-0.25, -0.2) is 0 Å². The molecule has 250 valence electrons. The minimum atomic E-state index is 0.258. The Bertz CT molecular complexity index is 2860. The first kappa shape index (κ1) is 31.6. The Morgan fingerprint density at radius 3 is 1.75 bits per heavy atom. The number of benzene rings is 8. The average molecular weight is 680 g/mol. The van der Waals surface area contributed by atoms with Crippen LogP contribution in [-0.2, 0) is 0 Å². The van der Waals surface area contributed by atoms with Gasteiger partial charge in [-0.1, -0.05) is 121 Å². The first-order valence-corrected chi connectivity index (χ1v) is 17.6. The molecule has 8 aromatic carbocycles. The molecular formula is C49H33N3O. The molecule has 0 aliphatic carbocycles. The van der Waals surface area contributed by atoms with E-state index in [-0.39, 0.29) is 5.75 Å². The van der Waals surface area contributed by atoms with Crippen molar-refractivity contribution >= 4 is 27.5 Å².